The van der Waals surface area contributed by atoms with Crippen molar-refractivity contribution in [3.8, 4) is 0 Å². The van der Waals surface area contributed by atoms with Crippen molar-refractivity contribution in [3.63, 3.8) is 0 Å². The highest BCUT2D eigenvalue weighted by Gasteiger charge is 2.22. The summed E-state index contributed by atoms with van der Waals surface area (Å²) in [5.74, 6) is -0.668. The van der Waals surface area contributed by atoms with Crippen molar-refractivity contribution < 1.29 is 14.6 Å². The van der Waals surface area contributed by atoms with Crippen LogP contribution in [-0.2, 0) is 21.5 Å². The summed E-state index contributed by atoms with van der Waals surface area (Å²) in [5, 5.41) is 20.5. The molecule has 0 aliphatic rings. The van der Waals surface area contributed by atoms with E-state index in [9.17, 15) is 4.79 Å². The third-order valence-corrected chi connectivity index (χ3v) is 1.98. The summed E-state index contributed by atoms with van der Waals surface area (Å²) in [6.07, 6.45) is -0.820. The second kappa shape index (κ2) is 4.56. The van der Waals surface area contributed by atoms with Gasteiger partial charge in [0, 0.05) is 13.5 Å². The van der Waals surface area contributed by atoms with E-state index in [-0.39, 0.29) is 12.0 Å². The highest BCUT2D eigenvalue weighted by molar-refractivity contribution is 5.72. The second-order valence-corrected chi connectivity index (χ2v) is 4.43. The summed E-state index contributed by atoms with van der Waals surface area (Å²) in [6, 6.07) is 0. The zero-order valence-electron chi connectivity index (χ0n) is 9.84. The molecule has 7 nitrogen and oxygen atoms in total. The van der Waals surface area contributed by atoms with Crippen LogP contribution in [0.5, 0.6) is 0 Å². The molecule has 0 amide bonds. The lowest BCUT2D eigenvalue weighted by Crippen LogP contribution is -2.27. The van der Waals surface area contributed by atoms with Crippen LogP contribution in [0.15, 0.2) is 0 Å². The first kappa shape index (κ1) is 12.6. The zero-order chi connectivity index (χ0) is 12.3. The minimum atomic E-state index is -1.03. The van der Waals surface area contributed by atoms with Gasteiger partial charge in [0.1, 0.15) is 0 Å². The molecule has 0 fully saturated rings. The van der Waals surface area contributed by atoms with Crippen LogP contribution in [-0.4, -0.2) is 44.5 Å². The first-order chi connectivity index (χ1) is 7.34. The second-order valence-electron chi connectivity index (χ2n) is 4.43. The van der Waals surface area contributed by atoms with Gasteiger partial charge in [-0.2, -0.15) is 4.80 Å². The fraction of sp³-hybridized carbons (Fsp3) is 0.778. The standard InChI is InChI=1S/C9H16N4O3/c1-9(2,3)13-11-7(10-12-13)5-6(16-4)8(14)15/h6H,5H2,1-4H3,(H,14,15). The first-order valence-electron chi connectivity index (χ1n) is 4.89. The predicted octanol–water partition coefficient (Wildman–Crippen LogP) is 0.0702. The number of rotatable bonds is 4. The summed E-state index contributed by atoms with van der Waals surface area (Å²) >= 11 is 0. The van der Waals surface area contributed by atoms with E-state index in [4.69, 9.17) is 9.84 Å². The summed E-state index contributed by atoms with van der Waals surface area (Å²) in [4.78, 5) is 12.2. The summed E-state index contributed by atoms with van der Waals surface area (Å²) in [6.45, 7) is 5.80. The molecule has 0 saturated carbocycles. The lowest BCUT2D eigenvalue weighted by molar-refractivity contribution is -0.148. The van der Waals surface area contributed by atoms with Crippen LogP contribution in [0.3, 0.4) is 0 Å². The highest BCUT2D eigenvalue weighted by Crippen LogP contribution is 2.10. The van der Waals surface area contributed by atoms with E-state index < -0.39 is 12.1 Å². The van der Waals surface area contributed by atoms with Crippen LogP contribution >= 0.6 is 0 Å². The van der Waals surface area contributed by atoms with Gasteiger partial charge >= 0.3 is 5.97 Å². The molecule has 1 aromatic heterocycles. The molecule has 1 N–H and O–H groups in total. The molecule has 0 radical (unpaired) electrons. The molecule has 0 saturated heterocycles. The van der Waals surface area contributed by atoms with E-state index in [1.165, 1.54) is 11.9 Å². The molecule has 0 spiro atoms. The third kappa shape index (κ3) is 2.99. The smallest absolute Gasteiger partial charge is 0.333 e. The number of carboxylic acids is 1. The van der Waals surface area contributed by atoms with Crippen molar-refractivity contribution in [3.05, 3.63) is 5.82 Å². The number of tetrazole rings is 1. The van der Waals surface area contributed by atoms with Crippen LogP contribution in [0.1, 0.15) is 26.6 Å². The van der Waals surface area contributed by atoms with E-state index in [1.54, 1.807) is 0 Å². The molecule has 0 aliphatic carbocycles. The Morgan fingerprint density at radius 1 is 1.56 bits per heavy atom. The number of hydrogen-bond acceptors (Lipinski definition) is 5. The molecule has 0 aliphatic heterocycles. The lowest BCUT2D eigenvalue weighted by atomic mass is 10.1. The van der Waals surface area contributed by atoms with Crippen LogP contribution in [0.4, 0.5) is 0 Å². The van der Waals surface area contributed by atoms with Gasteiger partial charge in [0.15, 0.2) is 11.9 Å². The Bertz CT molecular complexity index is 369. The minimum absolute atomic E-state index is 0.113. The molecule has 1 heterocycles. The topological polar surface area (TPSA) is 90.1 Å². The van der Waals surface area contributed by atoms with Crippen molar-refractivity contribution >= 4 is 5.97 Å². The summed E-state index contributed by atoms with van der Waals surface area (Å²) in [7, 11) is 1.34. The Labute approximate surface area is 93.4 Å². The van der Waals surface area contributed by atoms with Crippen molar-refractivity contribution in [2.75, 3.05) is 7.11 Å². The number of carbonyl (C=O) groups is 1. The van der Waals surface area contributed by atoms with Gasteiger partial charge in [-0.05, 0) is 26.0 Å². The number of ether oxygens (including phenoxy) is 1. The molecule has 0 aromatic carbocycles. The van der Waals surface area contributed by atoms with E-state index >= 15 is 0 Å². The average Bonchev–Trinajstić information content (AvgIpc) is 2.61. The van der Waals surface area contributed by atoms with Crippen molar-refractivity contribution in [2.45, 2.75) is 38.8 Å². The number of nitrogens with zero attached hydrogens (tertiary/aromatic N) is 4. The van der Waals surface area contributed by atoms with Crippen molar-refractivity contribution in [1.82, 2.24) is 20.2 Å². The molecule has 1 atom stereocenters. The van der Waals surface area contributed by atoms with Crippen molar-refractivity contribution in [1.29, 1.82) is 0 Å². The molecule has 90 valence electrons. The molecule has 7 heteroatoms. The summed E-state index contributed by atoms with van der Waals surface area (Å²) in [5.41, 5.74) is -0.267. The monoisotopic (exact) mass is 228 g/mol. The Morgan fingerprint density at radius 3 is 2.56 bits per heavy atom. The SMILES string of the molecule is COC(Cc1nnn(C(C)(C)C)n1)C(=O)O. The maximum Gasteiger partial charge on any atom is 0.333 e. The van der Waals surface area contributed by atoms with Gasteiger partial charge in [-0.1, -0.05) is 0 Å². The number of aliphatic carboxylic acids is 1. The quantitative estimate of drug-likeness (QED) is 0.784. The maximum atomic E-state index is 10.7. The van der Waals surface area contributed by atoms with Gasteiger partial charge < -0.3 is 9.84 Å². The van der Waals surface area contributed by atoms with E-state index in [2.05, 4.69) is 15.4 Å². The van der Waals surface area contributed by atoms with Gasteiger partial charge in [0.2, 0.25) is 0 Å². The van der Waals surface area contributed by atoms with Gasteiger partial charge in [-0.15, -0.1) is 10.2 Å². The molecule has 16 heavy (non-hydrogen) atoms. The maximum absolute atomic E-state index is 10.7. The normalized spacial score (nSPS) is 13.8. The largest absolute Gasteiger partial charge is 0.479 e. The molecule has 1 aromatic rings. The summed E-state index contributed by atoms with van der Waals surface area (Å²) < 4.78 is 4.79. The van der Waals surface area contributed by atoms with Gasteiger partial charge in [0.25, 0.3) is 0 Å². The lowest BCUT2D eigenvalue weighted by Gasteiger charge is -2.15. The third-order valence-electron chi connectivity index (χ3n) is 1.98. The first-order valence-corrected chi connectivity index (χ1v) is 4.89. The number of methoxy groups -OCH3 is 1. The van der Waals surface area contributed by atoms with E-state index in [1.807, 2.05) is 20.8 Å². The molecule has 1 rings (SSSR count). The minimum Gasteiger partial charge on any atom is -0.479 e. The number of aromatic nitrogens is 4. The molecule has 0 bridgehead atoms. The van der Waals surface area contributed by atoms with Crippen molar-refractivity contribution in [2.24, 2.45) is 0 Å². The Kier molecular flexibility index (Phi) is 3.58. The van der Waals surface area contributed by atoms with Crippen LogP contribution < -0.4 is 0 Å². The number of carboxylic acid groups (broad SMARTS) is 1. The predicted molar refractivity (Wildman–Crippen MR) is 54.9 cm³/mol. The van der Waals surface area contributed by atoms with Crippen LogP contribution in [0.2, 0.25) is 0 Å². The van der Waals surface area contributed by atoms with E-state index in [0.29, 0.717) is 5.82 Å². The Balaban J connectivity index is 2.76. The molecule has 1 unspecified atom stereocenters. The fourth-order valence-electron chi connectivity index (χ4n) is 1.05. The van der Waals surface area contributed by atoms with Crippen LogP contribution in [0, 0.1) is 0 Å². The zero-order valence-corrected chi connectivity index (χ0v) is 9.84. The van der Waals surface area contributed by atoms with Gasteiger partial charge in [0.05, 0.1) is 5.54 Å². The highest BCUT2D eigenvalue weighted by atomic mass is 16.5. The number of hydrogen-bond donors (Lipinski definition) is 1. The van der Waals surface area contributed by atoms with Crippen LogP contribution in [0.25, 0.3) is 0 Å². The average molecular weight is 228 g/mol. The Hall–Kier alpha value is -1.50. The Morgan fingerprint density at radius 2 is 2.19 bits per heavy atom. The molecular formula is C9H16N4O3. The van der Waals surface area contributed by atoms with Gasteiger partial charge in [-0.3, -0.25) is 0 Å². The molecular weight excluding hydrogens is 212 g/mol. The fourth-order valence-corrected chi connectivity index (χ4v) is 1.05. The van der Waals surface area contributed by atoms with Gasteiger partial charge in [-0.25, -0.2) is 4.79 Å². The van der Waals surface area contributed by atoms with E-state index in [0.717, 1.165) is 0 Å².